The van der Waals surface area contributed by atoms with Gasteiger partial charge in [-0.2, -0.15) is 0 Å². The number of carbonyl (C=O) groups is 1. The highest BCUT2D eigenvalue weighted by atomic mass is 16.6. The van der Waals surface area contributed by atoms with Crippen LogP contribution in [0.3, 0.4) is 0 Å². The second kappa shape index (κ2) is 7.92. The molecule has 1 heterocycles. The maximum atomic E-state index is 12.4. The van der Waals surface area contributed by atoms with E-state index in [2.05, 4.69) is 0 Å². The van der Waals surface area contributed by atoms with Gasteiger partial charge in [-0.05, 0) is 43.7 Å². The smallest absolute Gasteiger partial charge is 0.313 e. The molecule has 25 heavy (non-hydrogen) atoms. The highest BCUT2D eigenvalue weighted by Gasteiger charge is 2.22. The van der Waals surface area contributed by atoms with Gasteiger partial charge in [0.15, 0.2) is 11.5 Å². The minimum atomic E-state index is -0.394. The molecule has 0 aliphatic carbocycles. The first-order valence-corrected chi connectivity index (χ1v) is 8.41. The van der Waals surface area contributed by atoms with Gasteiger partial charge < -0.3 is 18.9 Å². The van der Waals surface area contributed by atoms with Gasteiger partial charge in [0.05, 0.1) is 5.92 Å². The van der Waals surface area contributed by atoms with Crippen LogP contribution in [0.5, 0.6) is 17.2 Å². The normalized spacial score (nSPS) is 15.1. The summed E-state index contributed by atoms with van der Waals surface area (Å²) in [5.41, 5.74) is 0.838. The highest BCUT2D eigenvalue weighted by Crippen LogP contribution is 2.33. The molecule has 0 amide bonds. The zero-order valence-electron chi connectivity index (χ0n) is 14.4. The zero-order valence-corrected chi connectivity index (χ0v) is 14.4. The molecule has 5 heteroatoms. The Morgan fingerprint density at radius 3 is 2.52 bits per heavy atom. The third-order valence-corrected chi connectivity index (χ3v) is 3.97. The Kier molecular flexibility index (Phi) is 5.43. The SMILES string of the molecule is CC(COc1ccccc1)OC(=O)C(C)c1ccc2c(c1)OCCO2. The van der Waals surface area contributed by atoms with Crippen LogP contribution >= 0.6 is 0 Å². The van der Waals surface area contributed by atoms with E-state index in [1.165, 1.54) is 0 Å². The number of carbonyl (C=O) groups excluding carboxylic acids is 1. The number of rotatable bonds is 6. The Hall–Kier alpha value is -2.69. The summed E-state index contributed by atoms with van der Waals surface area (Å²) >= 11 is 0. The lowest BCUT2D eigenvalue weighted by Crippen LogP contribution is -2.25. The average Bonchev–Trinajstić information content (AvgIpc) is 2.66. The molecule has 2 atom stereocenters. The predicted octanol–water partition coefficient (Wildman–Crippen LogP) is 3.57. The van der Waals surface area contributed by atoms with Crippen molar-refractivity contribution in [3.63, 3.8) is 0 Å². The Balaban J connectivity index is 1.55. The lowest BCUT2D eigenvalue weighted by molar-refractivity contribution is -0.151. The fraction of sp³-hybridized carbons (Fsp3) is 0.350. The van der Waals surface area contributed by atoms with E-state index in [4.69, 9.17) is 18.9 Å². The standard InChI is InChI=1S/C20H22O5/c1-14(13-24-17-6-4-3-5-7-17)25-20(21)15(2)16-8-9-18-19(12-16)23-11-10-22-18/h3-9,12,14-15H,10-11,13H2,1-2H3. The summed E-state index contributed by atoms with van der Waals surface area (Å²) in [5.74, 6) is 1.45. The van der Waals surface area contributed by atoms with Gasteiger partial charge >= 0.3 is 5.97 Å². The molecule has 0 radical (unpaired) electrons. The largest absolute Gasteiger partial charge is 0.490 e. The third kappa shape index (κ3) is 4.44. The molecule has 0 saturated heterocycles. The van der Waals surface area contributed by atoms with Gasteiger partial charge in [0.25, 0.3) is 0 Å². The summed E-state index contributed by atoms with van der Waals surface area (Å²) in [5, 5.41) is 0. The summed E-state index contributed by atoms with van der Waals surface area (Å²) < 4.78 is 22.2. The molecular weight excluding hydrogens is 320 g/mol. The summed E-state index contributed by atoms with van der Waals surface area (Å²) in [7, 11) is 0. The summed E-state index contributed by atoms with van der Waals surface area (Å²) in [6.45, 7) is 5.01. The summed E-state index contributed by atoms with van der Waals surface area (Å²) in [4.78, 5) is 12.4. The van der Waals surface area contributed by atoms with Crippen LogP contribution in [-0.2, 0) is 9.53 Å². The van der Waals surface area contributed by atoms with Crippen molar-refractivity contribution >= 4 is 5.97 Å². The predicted molar refractivity (Wildman–Crippen MR) is 93.3 cm³/mol. The van der Waals surface area contributed by atoms with Gasteiger partial charge in [-0.1, -0.05) is 24.3 Å². The van der Waals surface area contributed by atoms with Gasteiger partial charge in [-0.15, -0.1) is 0 Å². The van der Waals surface area contributed by atoms with Crippen molar-refractivity contribution in [1.29, 1.82) is 0 Å². The van der Waals surface area contributed by atoms with Crippen LogP contribution in [0.2, 0.25) is 0 Å². The molecule has 2 aromatic rings. The number of fused-ring (bicyclic) bond motifs is 1. The van der Waals surface area contributed by atoms with E-state index in [0.717, 1.165) is 11.3 Å². The monoisotopic (exact) mass is 342 g/mol. The number of hydrogen-bond donors (Lipinski definition) is 0. The van der Waals surface area contributed by atoms with E-state index in [9.17, 15) is 4.79 Å². The highest BCUT2D eigenvalue weighted by molar-refractivity contribution is 5.78. The summed E-state index contributed by atoms with van der Waals surface area (Å²) in [6.07, 6.45) is -0.340. The molecule has 0 aromatic heterocycles. The van der Waals surface area contributed by atoms with Crippen LogP contribution < -0.4 is 14.2 Å². The molecule has 1 aliphatic rings. The molecule has 0 fully saturated rings. The van der Waals surface area contributed by atoms with E-state index in [1.54, 1.807) is 0 Å². The van der Waals surface area contributed by atoms with Crippen LogP contribution in [0.1, 0.15) is 25.3 Å². The van der Waals surface area contributed by atoms with Gasteiger partial charge in [0, 0.05) is 0 Å². The molecule has 2 unspecified atom stereocenters. The van der Waals surface area contributed by atoms with Crippen molar-refractivity contribution in [1.82, 2.24) is 0 Å². The second-order valence-electron chi connectivity index (χ2n) is 6.00. The number of para-hydroxylation sites is 1. The first-order chi connectivity index (χ1) is 12.1. The first kappa shape index (κ1) is 17.1. The van der Waals surface area contributed by atoms with Crippen LogP contribution in [0, 0.1) is 0 Å². The van der Waals surface area contributed by atoms with Crippen molar-refractivity contribution in [3.05, 3.63) is 54.1 Å². The van der Waals surface area contributed by atoms with Crippen LogP contribution in [-0.4, -0.2) is 31.9 Å². The van der Waals surface area contributed by atoms with Gasteiger partial charge in [0.2, 0.25) is 0 Å². The number of hydrogen-bond acceptors (Lipinski definition) is 5. The molecular formula is C20H22O5. The number of esters is 1. The van der Waals surface area contributed by atoms with E-state index in [1.807, 2.05) is 62.4 Å². The number of benzene rings is 2. The molecule has 2 aromatic carbocycles. The van der Waals surface area contributed by atoms with Crippen molar-refractivity contribution in [2.75, 3.05) is 19.8 Å². The minimum Gasteiger partial charge on any atom is -0.490 e. The molecule has 0 N–H and O–H groups in total. The Morgan fingerprint density at radius 2 is 1.76 bits per heavy atom. The van der Waals surface area contributed by atoms with Crippen LogP contribution in [0.15, 0.2) is 48.5 Å². The Labute approximate surface area is 147 Å². The van der Waals surface area contributed by atoms with Gasteiger partial charge in [-0.25, -0.2) is 0 Å². The topological polar surface area (TPSA) is 54.0 Å². The molecule has 0 saturated carbocycles. The van der Waals surface area contributed by atoms with Crippen LogP contribution in [0.25, 0.3) is 0 Å². The zero-order chi connectivity index (χ0) is 17.6. The fourth-order valence-electron chi connectivity index (χ4n) is 2.53. The molecule has 0 spiro atoms. The van der Waals surface area contributed by atoms with Gasteiger partial charge in [-0.3, -0.25) is 4.79 Å². The fourth-order valence-corrected chi connectivity index (χ4v) is 2.53. The van der Waals surface area contributed by atoms with Crippen molar-refractivity contribution in [3.8, 4) is 17.2 Å². The molecule has 0 bridgehead atoms. The second-order valence-corrected chi connectivity index (χ2v) is 6.00. The van der Waals surface area contributed by atoms with Crippen LogP contribution in [0.4, 0.5) is 0 Å². The first-order valence-electron chi connectivity index (χ1n) is 8.41. The van der Waals surface area contributed by atoms with Crippen molar-refractivity contribution < 1.29 is 23.7 Å². The van der Waals surface area contributed by atoms with E-state index in [0.29, 0.717) is 31.3 Å². The van der Waals surface area contributed by atoms with Gasteiger partial charge in [0.1, 0.15) is 31.7 Å². The van der Waals surface area contributed by atoms with Crippen molar-refractivity contribution in [2.24, 2.45) is 0 Å². The Bertz CT molecular complexity index is 713. The maximum Gasteiger partial charge on any atom is 0.313 e. The third-order valence-electron chi connectivity index (χ3n) is 3.97. The van der Waals surface area contributed by atoms with E-state index >= 15 is 0 Å². The maximum absolute atomic E-state index is 12.4. The van der Waals surface area contributed by atoms with Crippen molar-refractivity contribution in [2.45, 2.75) is 25.9 Å². The van der Waals surface area contributed by atoms with E-state index in [-0.39, 0.29) is 12.1 Å². The number of ether oxygens (including phenoxy) is 4. The lowest BCUT2D eigenvalue weighted by atomic mass is 10.0. The molecule has 3 rings (SSSR count). The average molecular weight is 342 g/mol. The summed E-state index contributed by atoms with van der Waals surface area (Å²) in [6, 6.07) is 15.0. The molecule has 132 valence electrons. The quantitative estimate of drug-likeness (QED) is 0.751. The minimum absolute atomic E-state index is 0.291. The Morgan fingerprint density at radius 1 is 1.04 bits per heavy atom. The molecule has 1 aliphatic heterocycles. The molecule has 5 nitrogen and oxygen atoms in total. The lowest BCUT2D eigenvalue weighted by Gasteiger charge is -2.21. The van der Waals surface area contributed by atoms with E-state index < -0.39 is 5.92 Å².